The highest BCUT2D eigenvalue weighted by Crippen LogP contribution is 2.24. The molecule has 0 aliphatic carbocycles. The molecule has 1 amide bonds. The molecule has 3 heterocycles. The van der Waals surface area contributed by atoms with Gasteiger partial charge in [0.15, 0.2) is 11.3 Å². The Balaban J connectivity index is 1.49. The van der Waals surface area contributed by atoms with Gasteiger partial charge in [-0.3, -0.25) is 25.2 Å². The minimum absolute atomic E-state index is 0.266. The van der Waals surface area contributed by atoms with E-state index in [0.29, 0.717) is 27.0 Å². The molecule has 170 valence electrons. The molecule has 11 heteroatoms. The minimum Gasteiger partial charge on any atom is -0.401 e. The van der Waals surface area contributed by atoms with Crippen LogP contribution < -0.4 is 15.9 Å². The van der Waals surface area contributed by atoms with Crippen LogP contribution in [0.15, 0.2) is 81.3 Å². The van der Waals surface area contributed by atoms with Gasteiger partial charge in [-0.2, -0.15) is 0 Å². The van der Waals surface area contributed by atoms with Crippen molar-refractivity contribution in [2.75, 3.05) is 0 Å². The second-order valence-electron chi connectivity index (χ2n) is 7.28. The summed E-state index contributed by atoms with van der Waals surface area (Å²) in [5, 5.41) is 21.2. The molecule has 0 saturated carbocycles. The number of nitrogens with zero attached hydrogens (tertiary/aromatic N) is 4. The number of fused-ring (bicyclic) bond motifs is 2. The summed E-state index contributed by atoms with van der Waals surface area (Å²) < 4.78 is 19.2. The number of hydrogen-bond donors (Lipinski definition) is 1. The highest BCUT2D eigenvalue weighted by atomic mass is 32.2. The Morgan fingerprint density at radius 2 is 1.97 bits per heavy atom. The van der Waals surface area contributed by atoms with E-state index in [4.69, 9.17) is 4.42 Å². The van der Waals surface area contributed by atoms with Crippen molar-refractivity contribution in [2.45, 2.75) is 11.9 Å². The number of carbonyl (C=O) groups is 1. The molecule has 9 nitrogen and oxygen atoms in total. The molecule has 2 aliphatic heterocycles. The van der Waals surface area contributed by atoms with Gasteiger partial charge >= 0.3 is 5.88 Å². The summed E-state index contributed by atoms with van der Waals surface area (Å²) in [6, 6.07) is 16.3. The molecule has 2 aliphatic rings. The first-order valence-corrected chi connectivity index (χ1v) is 11.1. The lowest BCUT2D eigenvalue weighted by Gasteiger charge is -2.32. The number of rotatable bonds is 5. The smallest absolute Gasteiger partial charge is 0.401 e. The van der Waals surface area contributed by atoms with Crippen molar-refractivity contribution in [2.24, 2.45) is 10.1 Å². The van der Waals surface area contributed by atoms with Gasteiger partial charge in [0, 0.05) is 11.0 Å². The molecular weight excluding hydrogens is 461 g/mol. The Kier molecular flexibility index (Phi) is 5.68. The van der Waals surface area contributed by atoms with Crippen molar-refractivity contribution in [3.8, 4) is 0 Å². The Morgan fingerprint density at radius 1 is 1.18 bits per heavy atom. The van der Waals surface area contributed by atoms with E-state index in [1.54, 1.807) is 48.6 Å². The van der Waals surface area contributed by atoms with E-state index < -0.39 is 11.1 Å². The molecule has 0 fully saturated rings. The van der Waals surface area contributed by atoms with Crippen LogP contribution in [-0.4, -0.2) is 27.2 Å². The van der Waals surface area contributed by atoms with Gasteiger partial charge in [0.25, 0.3) is 5.91 Å². The molecule has 3 aromatic rings. The van der Waals surface area contributed by atoms with Gasteiger partial charge < -0.3 is 4.42 Å². The summed E-state index contributed by atoms with van der Waals surface area (Å²) in [6.45, 7) is 0. The Labute approximate surface area is 196 Å². The maximum absolute atomic E-state index is 14.0. The summed E-state index contributed by atoms with van der Waals surface area (Å²) in [5.41, 5.74) is 0.810. The van der Waals surface area contributed by atoms with Crippen molar-refractivity contribution >= 4 is 40.5 Å². The zero-order valence-corrected chi connectivity index (χ0v) is 18.2. The van der Waals surface area contributed by atoms with E-state index in [0.717, 1.165) is 0 Å². The highest BCUT2D eigenvalue weighted by Gasteiger charge is 2.32. The summed E-state index contributed by atoms with van der Waals surface area (Å²) in [7, 11) is 0. The van der Waals surface area contributed by atoms with Gasteiger partial charge in [-0.05, 0) is 35.9 Å². The number of amidine groups is 1. The fourth-order valence-electron chi connectivity index (χ4n) is 3.52. The monoisotopic (exact) mass is 477 g/mol. The van der Waals surface area contributed by atoms with Gasteiger partial charge in [0.1, 0.15) is 22.2 Å². The minimum atomic E-state index is -0.704. The Morgan fingerprint density at radius 3 is 2.76 bits per heavy atom. The van der Waals surface area contributed by atoms with Crippen LogP contribution in [0.1, 0.15) is 11.3 Å². The van der Waals surface area contributed by atoms with Crippen LogP contribution in [0.2, 0.25) is 0 Å². The second kappa shape index (κ2) is 8.94. The highest BCUT2D eigenvalue weighted by molar-refractivity contribution is 8.13. The third-order valence-electron chi connectivity index (χ3n) is 5.09. The standard InChI is InChI=1S/C23H16FN5O4S/c24-17-7-3-1-5-14(17)13-34-23-26-22(30)21-16-6-2-4-8-18(16)25-19(28(21)27-23)11-9-15-10-12-20(33-15)29(31)32/h1-12,19H,13H2,(H,26,27,30)/b11-9+/t19-/m1/s1. The predicted octanol–water partition coefficient (Wildman–Crippen LogP) is 2.74. The first kappa shape index (κ1) is 21.6. The van der Waals surface area contributed by atoms with Crippen molar-refractivity contribution < 1.29 is 18.5 Å². The Bertz CT molecular complexity index is 1480. The molecule has 1 N–H and O–H groups in total. The van der Waals surface area contributed by atoms with Gasteiger partial charge in [0.2, 0.25) is 0 Å². The van der Waals surface area contributed by atoms with Crippen LogP contribution in [0.25, 0.3) is 11.8 Å². The average molecular weight is 477 g/mol. The maximum atomic E-state index is 14.0. The van der Waals surface area contributed by atoms with Gasteiger partial charge in [-0.15, -0.1) is 5.10 Å². The maximum Gasteiger partial charge on any atom is 0.433 e. The van der Waals surface area contributed by atoms with E-state index in [1.807, 2.05) is 6.07 Å². The van der Waals surface area contributed by atoms with Crippen molar-refractivity contribution in [3.63, 3.8) is 0 Å². The second-order valence-corrected chi connectivity index (χ2v) is 8.25. The molecule has 2 aromatic carbocycles. The zero-order chi connectivity index (χ0) is 23.7. The lowest BCUT2D eigenvalue weighted by molar-refractivity contribution is -0.402. The van der Waals surface area contributed by atoms with Crippen LogP contribution in [-0.2, 0) is 10.5 Å². The Hall–Kier alpha value is -4.25. The lowest BCUT2D eigenvalue weighted by Crippen LogP contribution is -2.52. The van der Waals surface area contributed by atoms with Gasteiger partial charge in [0.05, 0.1) is 11.4 Å². The van der Waals surface area contributed by atoms with Gasteiger partial charge in [-0.1, -0.05) is 48.2 Å². The van der Waals surface area contributed by atoms with Crippen molar-refractivity contribution in [1.82, 2.24) is 10.3 Å². The molecule has 0 unspecified atom stereocenters. The van der Waals surface area contributed by atoms with Crippen LogP contribution in [0.4, 0.5) is 10.3 Å². The quantitative estimate of drug-likeness (QED) is 0.447. The number of thioether (sulfide) groups is 1. The van der Waals surface area contributed by atoms with Crippen LogP contribution in [0.5, 0.6) is 0 Å². The molecule has 0 radical (unpaired) electrons. The van der Waals surface area contributed by atoms with Crippen molar-refractivity contribution in [3.05, 3.63) is 105 Å². The summed E-state index contributed by atoms with van der Waals surface area (Å²) in [6.07, 6.45) is 2.48. The summed E-state index contributed by atoms with van der Waals surface area (Å²) in [5.74, 6) is -0.526. The number of carbonyl (C=O) groups excluding carboxylic acids is 1. The lowest BCUT2D eigenvalue weighted by atomic mass is 10.1. The molecule has 0 spiro atoms. The fraction of sp³-hybridized carbons (Fsp3) is 0.0870. The van der Waals surface area contributed by atoms with Crippen molar-refractivity contribution in [1.29, 1.82) is 0 Å². The van der Waals surface area contributed by atoms with E-state index in [9.17, 15) is 19.3 Å². The molecular formula is C23H16FN5O4S. The number of halogens is 1. The average Bonchev–Trinajstić information content (AvgIpc) is 3.31. The van der Waals surface area contributed by atoms with E-state index in [2.05, 4.69) is 15.4 Å². The summed E-state index contributed by atoms with van der Waals surface area (Å²) in [4.78, 5) is 28.0. The van der Waals surface area contributed by atoms with E-state index in [1.165, 1.54) is 35.0 Å². The van der Waals surface area contributed by atoms with Crippen LogP contribution in [0, 0.1) is 15.9 Å². The normalized spacial score (nSPS) is 17.0. The molecule has 1 atom stereocenters. The zero-order valence-electron chi connectivity index (χ0n) is 17.4. The third-order valence-corrected chi connectivity index (χ3v) is 6.00. The van der Waals surface area contributed by atoms with Gasteiger partial charge in [-0.25, -0.2) is 9.40 Å². The number of nitro groups is 1. The molecule has 34 heavy (non-hydrogen) atoms. The SMILES string of the molecule is O=C1NC(SCc2ccccc2F)=NN2C1=c1ccccc1=N[C@H]2/C=C/c1ccc([N+](=O)[O-])o1. The van der Waals surface area contributed by atoms with Crippen LogP contribution in [0.3, 0.4) is 0 Å². The first-order valence-electron chi connectivity index (χ1n) is 10.1. The van der Waals surface area contributed by atoms with E-state index in [-0.39, 0.29) is 29.1 Å². The predicted molar refractivity (Wildman–Crippen MR) is 124 cm³/mol. The topological polar surface area (TPSA) is 113 Å². The number of furan rings is 1. The molecule has 0 saturated heterocycles. The number of benzene rings is 2. The number of amides is 1. The molecule has 1 aromatic heterocycles. The number of hydrogen-bond acceptors (Lipinski definition) is 8. The third kappa shape index (κ3) is 4.20. The van der Waals surface area contributed by atoms with E-state index >= 15 is 0 Å². The van der Waals surface area contributed by atoms with Crippen LogP contribution >= 0.6 is 11.8 Å². The summed E-state index contributed by atoms with van der Waals surface area (Å²) >= 11 is 1.19. The largest absolute Gasteiger partial charge is 0.433 e. The molecule has 0 bridgehead atoms. The molecule has 5 rings (SSSR count). The first-order chi connectivity index (χ1) is 16.5. The number of nitrogens with one attached hydrogen (secondary N) is 1. The number of para-hydroxylation sites is 1. The fourth-order valence-corrected chi connectivity index (χ4v) is 4.35. The number of hydrazone groups is 1.